The number of rotatable bonds is 5. The van der Waals surface area contributed by atoms with E-state index >= 15 is 0 Å². The van der Waals surface area contributed by atoms with Crippen LogP contribution in [0.3, 0.4) is 0 Å². The average Bonchev–Trinajstić information content (AvgIpc) is 2.60. The molecule has 0 saturated carbocycles. The van der Waals surface area contributed by atoms with E-state index < -0.39 is 11.9 Å². The molecule has 0 spiro atoms. The van der Waals surface area contributed by atoms with E-state index in [4.69, 9.17) is 15.9 Å². The Hall–Kier alpha value is -3.26. The van der Waals surface area contributed by atoms with Crippen molar-refractivity contribution in [3.8, 4) is 18.1 Å². The first-order valence-electron chi connectivity index (χ1n) is 6.81. The van der Waals surface area contributed by atoms with Crippen LogP contribution in [0.2, 0.25) is 0 Å². The maximum absolute atomic E-state index is 12.5. The molecule has 0 atom stereocenters. The first-order chi connectivity index (χ1) is 11.2. The van der Waals surface area contributed by atoms with Crippen LogP contribution in [0.15, 0.2) is 48.5 Å². The number of hydrogen-bond acceptors (Lipinski definition) is 4. The molecule has 0 aliphatic heterocycles. The molecular weight excluding hydrogens is 294 g/mol. The highest BCUT2D eigenvalue weighted by molar-refractivity contribution is 6.11. The number of anilines is 1. The lowest BCUT2D eigenvalue weighted by Gasteiger charge is -2.11. The fourth-order valence-electron chi connectivity index (χ4n) is 1.98. The molecule has 1 N–H and O–H groups in total. The predicted molar refractivity (Wildman–Crippen MR) is 86.5 cm³/mol. The van der Waals surface area contributed by atoms with Crippen LogP contribution in [0.4, 0.5) is 5.69 Å². The number of carbonyl (C=O) groups excluding carboxylic acids is 2. The van der Waals surface area contributed by atoms with Gasteiger partial charge in [0.15, 0.2) is 6.61 Å². The summed E-state index contributed by atoms with van der Waals surface area (Å²) in [6.45, 7) is -0.151. The van der Waals surface area contributed by atoms with Gasteiger partial charge in [-0.05, 0) is 24.3 Å². The van der Waals surface area contributed by atoms with Crippen molar-refractivity contribution in [2.24, 2.45) is 0 Å². The van der Waals surface area contributed by atoms with Crippen molar-refractivity contribution >= 4 is 17.6 Å². The number of carbonyl (C=O) groups is 2. The summed E-state index contributed by atoms with van der Waals surface area (Å²) in [4.78, 5) is 24.4. The lowest BCUT2D eigenvalue weighted by Crippen LogP contribution is -2.18. The van der Waals surface area contributed by atoms with Gasteiger partial charge in [-0.1, -0.05) is 30.2 Å². The smallest absolute Gasteiger partial charge is 0.339 e. The first kappa shape index (κ1) is 16.1. The van der Waals surface area contributed by atoms with Crippen molar-refractivity contribution < 1.29 is 19.1 Å². The second kappa shape index (κ2) is 7.66. The van der Waals surface area contributed by atoms with Crippen LogP contribution in [-0.2, 0) is 4.74 Å². The van der Waals surface area contributed by atoms with E-state index in [1.165, 1.54) is 19.2 Å². The Bertz CT molecular complexity index is 762. The third-order valence-corrected chi connectivity index (χ3v) is 3.03. The molecule has 0 fully saturated rings. The summed E-state index contributed by atoms with van der Waals surface area (Å²) in [6.07, 6.45) is 5.07. The SMILES string of the molecule is C#CCOC(=O)c1ccccc1C(=O)Nc1ccccc1OC. The molecule has 116 valence electrons. The topological polar surface area (TPSA) is 64.6 Å². The van der Waals surface area contributed by atoms with Gasteiger partial charge in [0, 0.05) is 0 Å². The quantitative estimate of drug-likeness (QED) is 0.681. The van der Waals surface area contributed by atoms with Gasteiger partial charge >= 0.3 is 5.97 Å². The van der Waals surface area contributed by atoms with Crippen molar-refractivity contribution in [1.29, 1.82) is 0 Å². The highest BCUT2D eigenvalue weighted by Crippen LogP contribution is 2.24. The van der Waals surface area contributed by atoms with Crippen molar-refractivity contribution in [1.82, 2.24) is 0 Å². The normalized spacial score (nSPS) is 9.57. The largest absolute Gasteiger partial charge is 0.495 e. The summed E-state index contributed by atoms with van der Waals surface area (Å²) in [5, 5.41) is 2.72. The van der Waals surface area contributed by atoms with Gasteiger partial charge in [0.25, 0.3) is 5.91 Å². The molecule has 1 amide bonds. The number of ether oxygens (including phenoxy) is 2. The van der Waals surface area contributed by atoms with Crippen LogP contribution in [0.25, 0.3) is 0 Å². The van der Waals surface area contributed by atoms with Gasteiger partial charge in [0.1, 0.15) is 5.75 Å². The molecule has 0 aliphatic rings. The number of esters is 1. The Morgan fingerprint density at radius 2 is 1.74 bits per heavy atom. The van der Waals surface area contributed by atoms with Gasteiger partial charge in [0.05, 0.1) is 23.9 Å². The molecule has 0 saturated heterocycles. The van der Waals surface area contributed by atoms with Crippen LogP contribution in [-0.4, -0.2) is 25.6 Å². The van der Waals surface area contributed by atoms with Gasteiger partial charge in [-0.2, -0.15) is 0 Å². The van der Waals surface area contributed by atoms with Crippen LogP contribution < -0.4 is 10.1 Å². The minimum absolute atomic E-state index is 0.148. The molecule has 5 heteroatoms. The van der Waals surface area contributed by atoms with Gasteiger partial charge in [-0.15, -0.1) is 6.42 Å². The summed E-state index contributed by atoms with van der Waals surface area (Å²) < 4.78 is 10.1. The molecule has 2 rings (SSSR count). The zero-order chi connectivity index (χ0) is 16.7. The molecule has 23 heavy (non-hydrogen) atoms. The van der Waals surface area contributed by atoms with Crippen molar-refractivity contribution in [2.75, 3.05) is 19.0 Å². The number of nitrogens with one attached hydrogen (secondary N) is 1. The highest BCUT2D eigenvalue weighted by Gasteiger charge is 2.18. The fraction of sp³-hybridized carbons (Fsp3) is 0.111. The Labute approximate surface area is 134 Å². The van der Waals surface area contributed by atoms with Crippen LogP contribution in [0.5, 0.6) is 5.75 Å². The lowest BCUT2D eigenvalue weighted by atomic mass is 10.1. The molecule has 0 radical (unpaired) electrons. The average molecular weight is 309 g/mol. The minimum Gasteiger partial charge on any atom is -0.495 e. The zero-order valence-electron chi connectivity index (χ0n) is 12.5. The number of amides is 1. The summed E-state index contributed by atoms with van der Waals surface area (Å²) in [6, 6.07) is 13.3. The molecule has 0 bridgehead atoms. The highest BCUT2D eigenvalue weighted by atomic mass is 16.5. The maximum atomic E-state index is 12.5. The van der Waals surface area contributed by atoms with E-state index in [-0.39, 0.29) is 17.7 Å². The monoisotopic (exact) mass is 309 g/mol. The van der Waals surface area contributed by atoms with Crippen molar-refractivity contribution in [3.05, 3.63) is 59.7 Å². The third-order valence-electron chi connectivity index (χ3n) is 3.03. The molecule has 0 heterocycles. The van der Waals surface area contributed by atoms with Gasteiger partial charge in [-0.3, -0.25) is 4.79 Å². The first-order valence-corrected chi connectivity index (χ1v) is 6.81. The Balaban J connectivity index is 2.26. The number of methoxy groups -OCH3 is 1. The summed E-state index contributed by atoms with van der Waals surface area (Å²) in [5.74, 6) is 1.65. The van der Waals surface area contributed by atoms with E-state index in [9.17, 15) is 9.59 Å². The second-order valence-electron chi connectivity index (χ2n) is 4.48. The molecule has 5 nitrogen and oxygen atoms in total. The van der Waals surface area contributed by atoms with Gasteiger partial charge < -0.3 is 14.8 Å². The Morgan fingerprint density at radius 3 is 2.43 bits per heavy atom. The number of terminal acetylenes is 1. The van der Waals surface area contributed by atoms with Crippen LogP contribution >= 0.6 is 0 Å². The van der Waals surface area contributed by atoms with Gasteiger partial charge in [0.2, 0.25) is 0 Å². The molecule has 0 aromatic heterocycles. The standard InChI is InChI=1S/C18H15NO4/c1-3-12-23-18(21)14-9-5-4-8-13(14)17(20)19-15-10-6-7-11-16(15)22-2/h1,4-11H,12H2,2H3,(H,19,20). The molecule has 0 unspecified atom stereocenters. The van der Waals surface area contributed by atoms with E-state index in [1.807, 2.05) is 0 Å². The van der Waals surface area contributed by atoms with Crippen molar-refractivity contribution in [3.63, 3.8) is 0 Å². The Morgan fingerprint density at radius 1 is 1.09 bits per heavy atom. The van der Waals surface area contributed by atoms with Crippen molar-refractivity contribution in [2.45, 2.75) is 0 Å². The number of para-hydroxylation sites is 2. The zero-order valence-corrected chi connectivity index (χ0v) is 12.5. The van der Waals surface area contributed by atoms with E-state index in [1.54, 1.807) is 36.4 Å². The molecule has 2 aromatic rings. The lowest BCUT2D eigenvalue weighted by molar-refractivity contribution is 0.0553. The third kappa shape index (κ3) is 3.89. The van der Waals surface area contributed by atoms with E-state index in [0.717, 1.165) is 0 Å². The van der Waals surface area contributed by atoms with Crippen LogP contribution in [0, 0.1) is 12.3 Å². The van der Waals surface area contributed by atoms with Gasteiger partial charge in [-0.25, -0.2) is 4.79 Å². The van der Waals surface area contributed by atoms with E-state index in [0.29, 0.717) is 11.4 Å². The summed E-state index contributed by atoms with van der Waals surface area (Å²) >= 11 is 0. The summed E-state index contributed by atoms with van der Waals surface area (Å²) in [7, 11) is 1.51. The predicted octanol–water partition coefficient (Wildman–Crippen LogP) is 2.74. The molecule has 2 aromatic carbocycles. The minimum atomic E-state index is -0.645. The number of benzene rings is 2. The molecule has 0 aliphatic carbocycles. The second-order valence-corrected chi connectivity index (χ2v) is 4.48. The Kier molecular flexibility index (Phi) is 5.37. The fourth-order valence-corrected chi connectivity index (χ4v) is 1.98. The summed E-state index contributed by atoms with van der Waals surface area (Å²) in [5.41, 5.74) is 0.849. The number of hydrogen-bond donors (Lipinski definition) is 1. The maximum Gasteiger partial charge on any atom is 0.339 e. The van der Waals surface area contributed by atoms with E-state index in [2.05, 4.69) is 11.2 Å². The van der Waals surface area contributed by atoms with Crippen LogP contribution in [0.1, 0.15) is 20.7 Å². The molecular formula is C18H15NO4.